The Kier molecular flexibility index (Phi) is 13.5. The Morgan fingerprint density at radius 1 is 0.673 bits per heavy atom. The van der Waals surface area contributed by atoms with Gasteiger partial charge in [0.25, 0.3) is 11.9 Å². The van der Waals surface area contributed by atoms with Crippen LogP contribution < -0.4 is 10.1 Å². The highest BCUT2D eigenvalue weighted by molar-refractivity contribution is 6.05. The fourth-order valence-corrected chi connectivity index (χ4v) is 5.95. The predicted octanol–water partition coefficient (Wildman–Crippen LogP) is 7.12. The molecule has 0 saturated heterocycles. The van der Waals surface area contributed by atoms with E-state index in [0.717, 1.165) is 22.3 Å². The summed E-state index contributed by atoms with van der Waals surface area (Å²) in [4.78, 5) is 46.7. The topological polar surface area (TPSA) is 136 Å². The van der Waals surface area contributed by atoms with Crippen molar-refractivity contribution in [2.24, 2.45) is 4.99 Å². The Balaban J connectivity index is 1.18. The maximum absolute atomic E-state index is 14.3. The first-order chi connectivity index (χ1) is 26.9. The first kappa shape index (κ1) is 38.1. The molecule has 0 radical (unpaired) electrons. The third-order valence-electron chi connectivity index (χ3n) is 8.84. The Morgan fingerprint density at radius 2 is 1.20 bits per heavy atom. The minimum absolute atomic E-state index is 0.00229. The number of benzene rings is 5. The van der Waals surface area contributed by atoms with Crippen molar-refractivity contribution in [1.29, 1.82) is 0 Å². The Morgan fingerprint density at radius 3 is 1.78 bits per heavy atom. The monoisotopic (exact) mass is 741 g/mol. The molecule has 0 aliphatic carbocycles. The van der Waals surface area contributed by atoms with E-state index < -0.39 is 30.1 Å². The number of carbonyl (C=O) groups is 3. The molecule has 11 heteroatoms. The van der Waals surface area contributed by atoms with Crippen molar-refractivity contribution >= 4 is 24.0 Å². The van der Waals surface area contributed by atoms with E-state index in [4.69, 9.17) is 23.9 Å². The Labute approximate surface area is 320 Å². The number of hydrogen-bond donors (Lipinski definition) is 2. The van der Waals surface area contributed by atoms with E-state index in [-0.39, 0.29) is 63.3 Å². The fraction of sp³-hybridized carbons (Fsp3) is 0.227. The van der Waals surface area contributed by atoms with Crippen molar-refractivity contribution in [3.05, 3.63) is 167 Å². The summed E-state index contributed by atoms with van der Waals surface area (Å²) in [5, 5.41) is 13.3. The van der Waals surface area contributed by atoms with Gasteiger partial charge in [0, 0.05) is 13.0 Å². The summed E-state index contributed by atoms with van der Waals surface area (Å²) in [5.74, 6) is -0.847. The van der Waals surface area contributed by atoms with E-state index in [9.17, 15) is 19.5 Å². The van der Waals surface area contributed by atoms with Crippen LogP contribution in [0.25, 0.3) is 0 Å². The molecule has 5 aromatic rings. The third kappa shape index (κ3) is 11.2. The van der Waals surface area contributed by atoms with Gasteiger partial charge >= 0.3 is 12.1 Å². The van der Waals surface area contributed by atoms with Crippen LogP contribution in [0.2, 0.25) is 0 Å². The fourth-order valence-electron chi connectivity index (χ4n) is 5.95. The van der Waals surface area contributed by atoms with Crippen molar-refractivity contribution in [2.45, 2.75) is 57.8 Å². The van der Waals surface area contributed by atoms with Gasteiger partial charge in [-0.2, -0.15) is 0 Å². The number of alkyl carbamates (subject to hydrolysis) is 1. The van der Waals surface area contributed by atoms with E-state index in [1.807, 2.05) is 121 Å². The summed E-state index contributed by atoms with van der Waals surface area (Å²) in [6.07, 6.45) is -0.00349. The standard InChI is InChI=1S/C44H43N3O8/c48-39-24-23-36(27-40(39)52-28-32-14-5-1-6-15-32)26-37-41(49)47(43(46-37)54-30-34-18-9-3-10-19-34)38(42(50)53-29-33-16-7-2-8-17-33)22-13-25-45-44(51)55-31-35-20-11-4-12-21-35/h1-12,14-21,23-24,27,37-38,48H,13,22,25-26,28-31H2,(H,45,51). The lowest BCUT2D eigenvalue weighted by molar-refractivity contribution is -0.154. The van der Waals surface area contributed by atoms with Crippen LogP contribution in [0.3, 0.4) is 0 Å². The molecular weight excluding hydrogens is 698 g/mol. The average Bonchev–Trinajstić information content (AvgIpc) is 3.53. The number of hydrogen-bond acceptors (Lipinski definition) is 9. The number of amides is 2. The number of phenols is 1. The van der Waals surface area contributed by atoms with Gasteiger partial charge < -0.3 is 29.4 Å². The maximum atomic E-state index is 14.3. The van der Waals surface area contributed by atoms with Gasteiger partial charge in [0.1, 0.15) is 38.5 Å². The van der Waals surface area contributed by atoms with Gasteiger partial charge in [-0.25, -0.2) is 19.5 Å². The molecule has 1 aliphatic heterocycles. The summed E-state index contributed by atoms with van der Waals surface area (Å²) in [7, 11) is 0. The number of ether oxygens (including phenoxy) is 4. The van der Waals surface area contributed by atoms with Crippen LogP contribution in [0.15, 0.2) is 145 Å². The van der Waals surface area contributed by atoms with Gasteiger partial charge in [-0.05, 0) is 52.8 Å². The van der Waals surface area contributed by atoms with E-state index in [2.05, 4.69) is 5.32 Å². The molecule has 2 N–H and O–H groups in total. The summed E-state index contributed by atoms with van der Waals surface area (Å²) in [6.45, 7) is 0.648. The van der Waals surface area contributed by atoms with E-state index in [0.29, 0.717) is 12.0 Å². The normalized spacial score (nSPS) is 14.1. The van der Waals surface area contributed by atoms with Crippen LogP contribution in [0, 0.1) is 0 Å². The van der Waals surface area contributed by atoms with Crippen molar-refractivity contribution in [3.8, 4) is 11.5 Å². The van der Waals surface area contributed by atoms with Gasteiger partial charge in [0.2, 0.25) is 0 Å². The lowest BCUT2D eigenvalue weighted by Gasteiger charge is -2.27. The number of rotatable bonds is 17. The number of aliphatic imine (C=N–C) groups is 1. The molecule has 2 amide bonds. The molecular formula is C44H43N3O8. The maximum Gasteiger partial charge on any atom is 0.407 e. The van der Waals surface area contributed by atoms with Crippen molar-refractivity contribution in [1.82, 2.24) is 10.2 Å². The zero-order valence-electron chi connectivity index (χ0n) is 30.3. The quantitative estimate of drug-likeness (QED) is 0.0760. The number of carbonyl (C=O) groups excluding carboxylic acids is 3. The van der Waals surface area contributed by atoms with Crippen molar-refractivity contribution < 1.29 is 38.4 Å². The molecule has 1 aliphatic rings. The first-order valence-corrected chi connectivity index (χ1v) is 18.1. The highest BCUT2D eigenvalue weighted by Crippen LogP contribution is 2.30. The Hall–Kier alpha value is -6.62. The minimum atomic E-state index is -1.11. The number of aromatic hydroxyl groups is 1. The summed E-state index contributed by atoms with van der Waals surface area (Å²) in [5.41, 5.74) is 4.11. The number of nitrogens with one attached hydrogen (secondary N) is 1. The summed E-state index contributed by atoms with van der Waals surface area (Å²) in [6, 6.07) is 40.4. The zero-order valence-corrected chi connectivity index (χ0v) is 30.3. The second-order valence-corrected chi connectivity index (χ2v) is 12.9. The summed E-state index contributed by atoms with van der Waals surface area (Å²) >= 11 is 0. The molecule has 282 valence electrons. The second kappa shape index (κ2) is 19.5. The molecule has 5 aromatic carbocycles. The molecule has 0 spiro atoms. The second-order valence-electron chi connectivity index (χ2n) is 12.9. The molecule has 6 rings (SSSR count). The van der Waals surface area contributed by atoms with Gasteiger partial charge in [0.15, 0.2) is 11.5 Å². The lowest BCUT2D eigenvalue weighted by atomic mass is 10.0. The lowest BCUT2D eigenvalue weighted by Crippen LogP contribution is -2.49. The van der Waals surface area contributed by atoms with E-state index in [1.54, 1.807) is 12.1 Å². The van der Waals surface area contributed by atoms with Crippen LogP contribution >= 0.6 is 0 Å². The molecule has 11 nitrogen and oxygen atoms in total. The minimum Gasteiger partial charge on any atom is -0.504 e. The molecule has 0 saturated carbocycles. The SMILES string of the molecule is O=C(NCCCC(C(=O)OCc1ccccc1)N1C(=O)C(Cc2ccc(O)c(OCc3ccccc3)c2)N=C1OCc1ccccc1)OCc1ccccc1. The number of amidine groups is 1. The predicted molar refractivity (Wildman–Crippen MR) is 206 cm³/mol. The summed E-state index contributed by atoms with van der Waals surface area (Å²) < 4.78 is 23.2. The van der Waals surface area contributed by atoms with Crippen LogP contribution in [0.4, 0.5) is 4.79 Å². The van der Waals surface area contributed by atoms with E-state index >= 15 is 0 Å². The van der Waals surface area contributed by atoms with Gasteiger partial charge in [-0.15, -0.1) is 0 Å². The first-order valence-electron chi connectivity index (χ1n) is 18.1. The van der Waals surface area contributed by atoms with Crippen LogP contribution in [-0.4, -0.2) is 52.6 Å². The number of esters is 1. The Bertz CT molecular complexity index is 2030. The largest absolute Gasteiger partial charge is 0.504 e. The average molecular weight is 742 g/mol. The van der Waals surface area contributed by atoms with Crippen LogP contribution in [0.5, 0.6) is 11.5 Å². The van der Waals surface area contributed by atoms with Crippen molar-refractivity contribution in [3.63, 3.8) is 0 Å². The van der Waals surface area contributed by atoms with Crippen molar-refractivity contribution in [2.75, 3.05) is 6.54 Å². The highest BCUT2D eigenvalue weighted by atomic mass is 16.5. The molecule has 1 heterocycles. The molecule has 0 aromatic heterocycles. The third-order valence-corrected chi connectivity index (χ3v) is 8.84. The molecule has 2 atom stereocenters. The smallest absolute Gasteiger partial charge is 0.407 e. The van der Waals surface area contributed by atoms with Gasteiger partial charge in [-0.3, -0.25) is 4.79 Å². The van der Waals surface area contributed by atoms with Crippen LogP contribution in [-0.2, 0) is 56.6 Å². The zero-order chi connectivity index (χ0) is 38.2. The van der Waals surface area contributed by atoms with Crippen LogP contribution in [0.1, 0.15) is 40.7 Å². The highest BCUT2D eigenvalue weighted by Gasteiger charge is 2.43. The molecule has 0 fully saturated rings. The number of phenolic OH excluding ortho intramolecular Hbond substituents is 1. The molecule has 0 bridgehead atoms. The van der Waals surface area contributed by atoms with Gasteiger partial charge in [0.05, 0.1) is 0 Å². The van der Waals surface area contributed by atoms with E-state index in [1.165, 1.54) is 11.0 Å². The molecule has 2 unspecified atom stereocenters. The molecule has 55 heavy (non-hydrogen) atoms. The van der Waals surface area contributed by atoms with Gasteiger partial charge in [-0.1, -0.05) is 127 Å². The number of nitrogens with zero attached hydrogens (tertiary/aromatic N) is 2.